The predicted octanol–water partition coefficient (Wildman–Crippen LogP) is 4.15. The maximum Gasteiger partial charge on any atom is 0.239 e. The average molecular weight is 318 g/mol. The van der Waals surface area contributed by atoms with Crippen LogP contribution in [0.25, 0.3) is 10.8 Å². The van der Waals surface area contributed by atoms with Crippen LogP contribution >= 0.6 is 0 Å². The number of nitrogens with zero attached hydrogens (tertiary/aromatic N) is 1. The van der Waals surface area contributed by atoms with E-state index in [1.165, 1.54) is 10.8 Å². The fourth-order valence-corrected chi connectivity index (χ4v) is 2.98. The van der Waals surface area contributed by atoms with Gasteiger partial charge in [0.15, 0.2) is 0 Å². The molecule has 1 atom stereocenters. The Morgan fingerprint density at radius 2 is 1.62 bits per heavy atom. The molecule has 0 radical (unpaired) electrons. The summed E-state index contributed by atoms with van der Waals surface area (Å²) in [6, 6.07) is 24.4. The highest BCUT2D eigenvalue weighted by atomic mass is 16.2. The molecule has 24 heavy (non-hydrogen) atoms. The third kappa shape index (κ3) is 3.57. The number of fused-ring (bicyclic) bond motifs is 1. The number of carbonyl (C=O) groups excluding carboxylic acids is 1. The second-order valence-electron chi connectivity index (χ2n) is 6.05. The van der Waals surface area contributed by atoms with Crippen LogP contribution < -0.4 is 10.2 Å². The minimum Gasteiger partial charge on any atom is -0.365 e. The average Bonchev–Trinajstić information content (AvgIpc) is 2.61. The topological polar surface area (TPSA) is 32.3 Å². The molecule has 3 nitrogen and oxygen atoms in total. The Hall–Kier alpha value is -2.81. The van der Waals surface area contributed by atoms with E-state index >= 15 is 0 Å². The molecule has 0 aliphatic carbocycles. The highest BCUT2D eigenvalue weighted by molar-refractivity contribution is 5.87. The number of benzene rings is 3. The number of para-hydroxylation sites is 1. The van der Waals surface area contributed by atoms with Gasteiger partial charge < -0.3 is 10.2 Å². The summed E-state index contributed by atoms with van der Waals surface area (Å²) in [5.41, 5.74) is 2.18. The summed E-state index contributed by atoms with van der Waals surface area (Å²) in [5.74, 6) is 0.0155. The van der Waals surface area contributed by atoms with Gasteiger partial charge >= 0.3 is 0 Å². The zero-order valence-electron chi connectivity index (χ0n) is 14.1. The van der Waals surface area contributed by atoms with Crippen molar-refractivity contribution in [1.29, 1.82) is 0 Å². The van der Waals surface area contributed by atoms with Gasteiger partial charge in [-0.15, -0.1) is 0 Å². The van der Waals surface area contributed by atoms with Crippen molar-refractivity contribution in [1.82, 2.24) is 5.32 Å². The van der Waals surface area contributed by atoms with Crippen LogP contribution in [0.3, 0.4) is 0 Å². The Morgan fingerprint density at radius 3 is 2.42 bits per heavy atom. The van der Waals surface area contributed by atoms with Gasteiger partial charge in [-0.3, -0.25) is 4.79 Å². The van der Waals surface area contributed by atoms with Crippen LogP contribution in [0, 0.1) is 0 Å². The van der Waals surface area contributed by atoms with E-state index in [2.05, 4.69) is 29.6 Å². The number of rotatable bonds is 5. The van der Waals surface area contributed by atoms with Crippen molar-refractivity contribution in [2.75, 3.05) is 18.5 Å². The SMILES string of the molecule is CC(NC(=O)CN(C)c1ccccc1)c1cccc2ccccc12. The van der Waals surface area contributed by atoms with Crippen LogP contribution in [0.5, 0.6) is 0 Å². The summed E-state index contributed by atoms with van der Waals surface area (Å²) in [6.07, 6.45) is 0. The minimum absolute atomic E-state index is 0.0155. The minimum atomic E-state index is -0.0345. The number of hydrogen-bond acceptors (Lipinski definition) is 2. The first-order valence-electron chi connectivity index (χ1n) is 8.18. The summed E-state index contributed by atoms with van der Waals surface area (Å²) in [4.78, 5) is 14.3. The van der Waals surface area contributed by atoms with Gasteiger partial charge in [0, 0.05) is 12.7 Å². The molecule has 122 valence electrons. The van der Waals surface area contributed by atoms with E-state index in [4.69, 9.17) is 0 Å². The van der Waals surface area contributed by atoms with E-state index in [0.717, 1.165) is 11.3 Å². The van der Waals surface area contributed by atoms with Crippen molar-refractivity contribution in [3.8, 4) is 0 Å². The Labute approximate surface area is 142 Å². The fraction of sp³-hybridized carbons (Fsp3) is 0.190. The van der Waals surface area contributed by atoms with Gasteiger partial charge in [0.1, 0.15) is 0 Å². The summed E-state index contributed by atoms with van der Waals surface area (Å²) >= 11 is 0. The van der Waals surface area contributed by atoms with Crippen LogP contribution in [0.2, 0.25) is 0 Å². The van der Waals surface area contributed by atoms with Gasteiger partial charge in [-0.25, -0.2) is 0 Å². The summed E-state index contributed by atoms with van der Waals surface area (Å²) in [6.45, 7) is 2.36. The molecule has 0 aliphatic heterocycles. The third-order valence-electron chi connectivity index (χ3n) is 4.25. The van der Waals surface area contributed by atoms with E-state index in [0.29, 0.717) is 6.54 Å². The van der Waals surface area contributed by atoms with Gasteiger partial charge in [0.25, 0.3) is 0 Å². The molecule has 0 spiro atoms. The lowest BCUT2D eigenvalue weighted by Crippen LogP contribution is -2.36. The molecule has 0 saturated carbocycles. The van der Waals surface area contributed by atoms with Crippen molar-refractivity contribution in [3.63, 3.8) is 0 Å². The lowest BCUT2D eigenvalue weighted by Gasteiger charge is -2.21. The van der Waals surface area contributed by atoms with Crippen molar-refractivity contribution in [2.24, 2.45) is 0 Å². The molecule has 3 rings (SSSR count). The molecular weight excluding hydrogens is 296 g/mol. The number of nitrogens with one attached hydrogen (secondary N) is 1. The molecular formula is C21H22N2O. The maximum atomic E-state index is 12.4. The highest BCUT2D eigenvalue weighted by Crippen LogP contribution is 2.24. The summed E-state index contributed by atoms with van der Waals surface area (Å²) in [7, 11) is 1.93. The molecule has 0 aromatic heterocycles. The number of carbonyl (C=O) groups is 1. The standard InChI is InChI=1S/C21H22N2O/c1-16(19-14-8-10-17-9-6-7-13-20(17)19)22-21(24)15-23(2)18-11-4-3-5-12-18/h3-14,16H,15H2,1-2H3,(H,22,24). The molecule has 3 aromatic carbocycles. The van der Waals surface area contributed by atoms with Crippen LogP contribution in [-0.2, 0) is 4.79 Å². The Morgan fingerprint density at radius 1 is 0.958 bits per heavy atom. The van der Waals surface area contributed by atoms with Crippen molar-refractivity contribution < 1.29 is 4.79 Å². The van der Waals surface area contributed by atoms with Crippen LogP contribution in [0.4, 0.5) is 5.69 Å². The molecule has 0 bridgehead atoms. The molecule has 0 aliphatic rings. The van der Waals surface area contributed by atoms with Crippen LogP contribution in [0.1, 0.15) is 18.5 Å². The smallest absolute Gasteiger partial charge is 0.239 e. The Kier molecular flexibility index (Phi) is 4.80. The summed E-state index contributed by atoms with van der Waals surface area (Å²) in [5, 5.41) is 5.48. The van der Waals surface area contributed by atoms with Gasteiger partial charge in [0.05, 0.1) is 12.6 Å². The normalized spacial score (nSPS) is 11.9. The van der Waals surface area contributed by atoms with Crippen molar-refractivity contribution in [3.05, 3.63) is 78.4 Å². The molecule has 0 fully saturated rings. The second-order valence-corrected chi connectivity index (χ2v) is 6.05. The first kappa shape index (κ1) is 16.1. The molecule has 0 heterocycles. The lowest BCUT2D eigenvalue weighted by molar-refractivity contribution is -0.120. The monoisotopic (exact) mass is 318 g/mol. The first-order valence-corrected chi connectivity index (χ1v) is 8.18. The predicted molar refractivity (Wildman–Crippen MR) is 100 cm³/mol. The van der Waals surface area contributed by atoms with Crippen LogP contribution in [-0.4, -0.2) is 19.5 Å². The second kappa shape index (κ2) is 7.18. The molecule has 1 unspecified atom stereocenters. The van der Waals surface area contributed by atoms with Gasteiger partial charge in [-0.1, -0.05) is 60.7 Å². The van der Waals surface area contributed by atoms with E-state index in [1.54, 1.807) is 0 Å². The van der Waals surface area contributed by atoms with E-state index in [1.807, 2.05) is 67.4 Å². The molecule has 0 saturated heterocycles. The quantitative estimate of drug-likeness (QED) is 0.766. The fourth-order valence-electron chi connectivity index (χ4n) is 2.98. The van der Waals surface area contributed by atoms with Crippen LogP contribution in [0.15, 0.2) is 72.8 Å². The number of anilines is 1. The molecule has 1 amide bonds. The number of hydrogen-bond donors (Lipinski definition) is 1. The zero-order chi connectivity index (χ0) is 16.9. The number of likely N-dealkylation sites (N-methyl/N-ethyl adjacent to an activating group) is 1. The number of amides is 1. The highest BCUT2D eigenvalue weighted by Gasteiger charge is 2.13. The van der Waals surface area contributed by atoms with E-state index in [-0.39, 0.29) is 11.9 Å². The third-order valence-corrected chi connectivity index (χ3v) is 4.25. The largest absolute Gasteiger partial charge is 0.365 e. The molecule has 3 aromatic rings. The van der Waals surface area contributed by atoms with E-state index < -0.39 is 0 Å². The van der Waals surface area contributed by atoms with Gasteiger partial charge in [0.2, 0.25) is 5.91 Å². The Balaban J connectivity index is 1.70. The Bertz CT molecular complexity index is 824. The molecule has 1 N–H and O–H groups in total. The van der Waals surface area contributed by atoms with Gasteiger partial charge in [-0.05, 0) is 35.4 Å². The lowest BCUT2D eigenvalue weighted by atomic mass is 10.00. The van der Waals surface area contributed by atoms with Gasteiger partial charge in [-0.2, -0.15) is 0 Å². The van der Waals surface area contributed by atoms with Crippen molar-refractivity contribution in [2.45, 2.75) is 13.0 Å². The van der Waals surface area contributed by atoms with E-state index in [9.17, 15) is 4.79 Å². The maximum absolute atomic E-state index is 12.4. The zero-order valence-corrected chi connectivity index (χ0v) is 14.1. The summed E-state index contributed by atoms with van der Waals surface area (Å²) < 4.78 is 0. The molecule has 3 heteroatoms. The van der Waals surface area contributed by atoms with Crippen molar-refractivity contribution >= 4 is 22.4 Å². The first-order chi connectivity index (χ1) is 11.6.